The number of hydrogen-bond donors (Lipinski definition) is 2. The summed E-state index contributed by atoms with van der Waals surface area (Å²) in [6.07, 6.45) is 0. The van der Waals surface area contributed by atoms with Gasteiger partial charge in [-0.2, -0.15) is 5.26 Å². The first-order chi connectivity index (χ1) is 9.51. The molecule has 3 nitrogen and oxygen atoms in total. The van der Waals surface area contributed by atoms with Gasteiger partial charge in [0.15, 0.2) is 0 Å². The molecule has 0 aliphatic rings. The molecular weight excluding hydrogens is 363 g/mol. The topological polar surface area (TPSA) is 56.0 Å². The highest BCUT2D eigenvalue weighted by atomic mass is 79.9. The molecular formula is C14H9BrCl2N2O. The van der Waals surface area contributed by atoms with Crippen LogP contribution in [0.4, 0.5) is 5.69 Å². The lowest BCUT2D eigenvalue weighted by molar-refractivity contribution is 0.475. The highest BCUT2D eigenvalue weighted by molar-refractivity contribution is 9.10. The Kier molecular flexibility index (Phi) is 4.77. The van der Waals surface area contributed by atoms with Gasteiger partial charge >= 0.3 is 0 Å². The van der Waals surface area contributed by atoms with Crippen LogP contribution in [0.1, 0.15) is 11.6 Å². The second-order valence-electron chi connectivity index (χ2n) is 4.05. The molecule has 0 saturated heterocycles. The maximum Gasteiger partial charge on any atom is 0.140 e. The van der Waals surface area contributed by atoms with Gasteiger partial charge in [-0.3, -0.25) is 0 Å². The Bertz CT molecular complexity index is 685. The molecule has 0 radical (unpaired) electrons. The predicted molar refractivity (Wildman–Crippen MR) is 84.2 cm³/mol. The summed E-state index contributed by atoms with van der Waals surface area (Å²) in [6, 6.07) is 11.5. The van der Waals surface area contributed by atoms with Crippen molar-refractivity contribution < 1.29 is 5.11 Å². The van der Waals surface area contributed by atoms with Crippen molar-refractivity contribution in [2.24, 2.45) is 0 Å². The molecule has 0 saturated carbocycles. The molecule has 6 heteroatoms. The van der Waals surface area contributed by atoms with E-state index in [2.05, 4.69) is 27.3 Å². The van der Waals surface area contributed by atoms with Crippen molar-refractivity contribution in [3.63, 3.8) is 0 Å². The Balaban J connectivity index is 2.26. The van der Waals surface area contributed by atoms with E-state index in [4.69, 9.17) is 23.2 Å². The first-order valence-electron chi connectivity index (χ1n) is 5.61. The first-order valence-corrected chi connectivity index (χ1v) is 7.16. The van der Waals surface area contributed by atoms with Gasteiger partial charge in [0.25, 0.3) is 0 Å². The lowest BCUT2D eigenvalue weighted by Gasteiger charge is -2.14. The van der Waals surface area contributed by atoms with Crippen LogP contribution in [-0.4, -0.2) is 5.11 Å². The molecule has 0 aliphatic carbocycles. The minimum atomic E-state index is -0.582. The lowest BCUT2D eigenvalue weighted by Crippen LogP contribution is -2.08. The molecule has 0 amide bonds. The van der Waals surface area contributed by atoms with Gasteiger partial charge < -0.3 is 10.4 Å². The molecule has 0 fully saturated rings. The minimum Gasteiger partial charge on any atom is -0.506 e. The van der Waals surface area contributed by atoms with Crippen molar-refractivity contribution in [2.75, 3.05) is 5.32 Å². The van der Waals surface area contributed by atoms with E-state index >= 15 is 0 Å². The predicted octanol–water partition coefficient (Wildman–Crippen LogP) is 5.14. The molecule has 0 aliphatic heterocycles. The molecule has 20 heavy (non-hydrogen) atoms. The third kappa shape index (κ3) is 3.37. The van der Waals surface area contributed by atoms with Crippen LogP contribution in [0.5, 0.6) is 5.75 Å². The molecule has 2 aromatic rings. The van der Waals surface area contributed by atoms with Crippen LogP contribution >= 0.6 is 39.1 Å². The summed E-state index contributed by atoms with van der Waals surface area (Å²) in [5, 5.41) is 22.5. The van der Waals surface area contributed by atoms with Crippen LogP contribution < -0.4 is 5.32 Å². The van der Waals surface area contributed by atoms with Crippen LogP contribution in [0.25, 0.3) is 0 Å². The number of halogens is 3. The number of nitriles is 1. The quantitative estimate of drug-likeness (QED) is 0.785. The van der Waals surface area contributed by atoms with Crippen LogP contribution in [0, 0.1) is 11.3 Å². The summed E-state index contributed by atoms with van der Waals surface area (Å²) >= 11 is 15.1. The normalized spacial score (nSPS) is 11.7. The number of rotatable bonds is 3. The van der Waals surface area contributed by atoms with E-state index < -0.39 is 6.04 Å². The number of nitrogens with zero attached hydrogens (tertiary/aromatic N) is 1. The zero-order chi connectivity index (χ0) is 14.7. The number of phenols is 1. The fourth-order valence-corrected chi connectivity index (χ4v) is 2.33. The lowest BCUT2D eigenvalue weighted by atomic mass is 10.1. The van der Waals surface area contributed by atoms with Crippen molar-refractivity contribution in [2.45, 2.75) is 6.04 Å². The van der Waals surface area contributed by atoms with Crippen LogP contribution in [0.2, 0.25) is 10.0 Å². The molecule has 1 unspecified atom stereocenters. The Hall–Kier alpha value is -1.41. The van der Waals surface area contributed by atoms with Crippen molar-refractivity contribution >= 4 is 44.8 Å². The standard InChI is InChI=1S/C14H9BrCl2N2O/c15-10-6-9(2-3-11(10)16)19-13(7-18)8-1-4-14(20)12(17)5-8/h1-6,13,19-20H. The number of benzene rings is 2. The number of hydrogen-bond acceptors (Lipinski definition) is 3. The van der Waals surface area contributed by atoms with Gasteiger partial charge in [0, 0.05) is 10.2 Å². The van der Waals surface area contributed by atoms with E-state index in [1.54, 1.807) is 30.3 Å². The average molecular weight is 372 g/mol. The maximum absolute atomic E-state index is 9.40. The van der Waals surface area contributed by atoms with Gasteiger partial charge in [-0.25, -0.2) is 0 Å². The highest BCUT2D eigenvalue weighted by Gasteiger charge is 2.12. The molecule has 0 spiro atoms. The second-order valence-corrected chi connectivity index (χ2v) is 5.71. The van der Waals surface area contributed by atoms with Gasteiger partial charge in [-0.15, -0.1) is 0 Å². The van der Waals surface area contributed by atoms with E-state index in [1.165, 1.54) is 6.07 Å². The van der Waals surface area contributed by atoms with E-state index in [0.29, 0.717) is 10.6 Å². The van der Waals surface area contributed by atoms with Crippen molar-refractivity contribution in [3.05, 3.63) is 56.5 Å². The summed E-state index contributed by atoms with van der Waals surface area (Å²) < 4.78 is 0.740. The monoisotopic (exact) mass is 370 g/mol. The molecule has 102 valence electrons. The number of nitrogens with one attached hydrogen (secondary N) is 1. The molecule has 0 bridgehead atoms. The van der Waals surface area contributed by atoms with Crippen LogP contribution in [0.15, 0.2) is 40.9 Å². The van der Waals surface area contributed by atoms with E-state index in [-0.39, 0.29) is 10.8 Å². The molecule has 0 heterocycles. The minimum absolute atomic E-state index is 0.0126. The van der Waals surface area contributed by atoms with Crippen molar-refractivity contribution in [1.29, 1.82) is 5.26 Å². The zero-order valence-electron chi connectivity index (χ0n) is 10.1. The van der Waals surface area contributed by atoms with E-state index in [0.717, 1.165) is 10.2 Å². The second kappa shape index (κ2) is 6.36. The Labute approximate surface area is 134 Å². The fraction of sp³-hybridized carbons (Fsp3) is 0.0714. The van der Waals surface area contributed by atoms with Crippen molar-refractivity contribution in [3.8, 4) is 11.8 Å². The van der Waals surface area contributed by atoms with Crippen LogP contribution in [0.3, 0.4) is 0 Å². The number of phenolic OH excluding ortho intramolecular Hbond substituents is 1. The smallest absolute Gasteiger partial charge is 0.140 e. The first kappa shape index (κ1) is 15.0. The van der Waals surface area contributed by atoms with Gasteiger partial charge in [0.2, 0.25) is 0 Å². The number of aromatic hydroxyl groups is 1. The van der Waals surface area contributed by atoms with E-state index in [9.17, 15) is 10.4 Å². The summed E-state index contributed by atoms with van der Waals surface area (Å²) in [5.74, 6) is -0.0126. The van der Waals surface area contributed by atoms with Crippen molar-refractivity contribution in [1.82, 2.24) is 0 Å². The maximum atomic E-state index is 9.40. The SMILES string of the molecule is N#CC(Nc1ccc(Cl)c(Br)c1)c1ccc(O)c(Cl)c1. The molecule has 2 aromatic carbocycles. The molecule has 1 atom stereocenters. The summed E-state index contributed by atoms with van der Waals surface area (Å²) in [6.45, 7) is 0. The van der Waals surface area contributed by atoms with Crippen LogP contribution in [-0.2, 0) is 0 Å². The van der Waals surface area contributed by atoms with Gasteiger partial charge in [-0.1, -0.05) is 29.3 Å². The Morgan fingerprint density at radius 1 is 1.15 bits per heavy atom. The summed E-state index contributed by atoms with van der Waals surface area (Å²) in [7, 11) is 0. The molecule has 2 rings (SSSR count). The number of anilines is 1. The Morgan fingerprint density at radius 3 is 2.50 bits per heavy atom. The van der Waals surface area contributed by atoms with Gasteiger partial charge in [-0.05, 0) is 51.8 Å². The zero-order valence-corrected chi connectivity index (χ0v) is 13.2. The molecule has 0 aromatic heterocycles. The summed E-state index contributed by atoms with van der Waals surface area (Å²) in [5.41, 5.74) is 1.42. The fourth-order valence-electron chi connectivity index (χ4n) is 1.65. The average Bonchev–Trinajstić information content (AvgIpc) is 2.43. The third-order valence-corrected chi connectivity index (χ3v) is 4.18. The van der Waals surface area contributed by atoms with Gasteiger partial charge in [0.1, 0.15) is 11.8 Å². The molecule has 2 N–H and O–H groups in total. The Morgan fingerprint density at radius 2 is 1.90 bits per heavy atom. The third-order valence-electron chi connectivity index (χ3n) is 2.66. The summed E-state index contributed by atoms with van der Waals surface area (Å²) in [4.78, 5) is 0. The highest BCUT2D eigenvalue weighted by Crippen LogP contribution is 2.30. The van der Waals surface area contributed by atoms with Gasteiger partial charge in [0.05, 0.1) is 16.1 Å². The largest absolute Gasteiger partial charge is 0.506 e. The van der Waals surface area contributed by atoms with E-state index in [1.807, 2.05) is 0 Å².